The van der Waals surface area contributed by atoms with Crippen LogP contribution in [0, 0.1) is 0 Å². The van der Waals surface area contributed by atoms with Gasteiger partial charge in [0.1, 0.15) is 17.2 Å². The molecule has 0 bridgehead atoms. The fourth-order valence-corrected chi connectivity index (χ4v) is 3.65. The van der Waals surface area contributed by atoms with Gasteiger partial charge in [0.2, 0.25) is 0 Å². The summed E-state index contributed by atoms with van der Waals surface area (Å²) in [6.45, 7) is -0.370. The molecular formula is C20H18F3N3O4. The average molecular weight is 421 g/mol. The summed E-state index contributed by atoms with van der Waals surface area (Å²) in [6, 6.07) is 5.94. The predicted molar refractivity (Wildman–Crippen MR) is 101 cm³/mol. The summed E-state index contributed by atoms with van der Waals surface area (Å²) in [5, 5.41) is 6.73. The van der Waals surface area contributed by atoms with E-state index in [4.69, 9.17) is 9.15 Å². The zero-order chi connectivity index (χ0) is 21.3. The number of hydrogen-bond acceptors (Lipinski definition) is 5. The Labute approximate surface area is 168 Å². The van der Waals surface area contributed by atoms with Gasteiger partial charge in [0.25, 0.3) is 5.91 Å². The van der Waals surface area contributed by atoms with Crippen LogP contribution < -0.4 is 15.7 Å². The van der Waals surface area contributed by atoms with Crippen LogP contribution in [-0.4, -0.2) is 22.3 Å². The number of halogens is 3. The molecule has 1 aliphatic rings. The molecule has 1 saturated carbocycles. The first kappa shape index (κ1) is 20.0. The zero-order valence-corrected chi connectivity index (χ0v) is 15.7. The summed E-state index contributed by atoms with van der Waals surface area (Å²) in [5.74, 6) is 0.222. The van der Waals surface area contributed by atoms with Crippen molar-refractivity contribution in [1.29, 1.82) is 0 Å². The zero-order valence-electron chi connectivity index (χ0n) is 15.7. The number of carbonyl (C=O) groups excluding carboxylic acids is 1. The van der Waals surface area contributed by atoms with Crippen LogP contribution in [0.1, 0.15) is 37.3 Å². The Morgan fingerprint density at radius 3 is 2.73 bits per heavy atom. The van der Waals surface area contributed by atoms with Crippen LogP contribution in [0.4, 0.5) is 19.0 Å². The van der Waals surface area contributed by atoms with Crippen molar-refractivity contribution in [3.63, 3.8) is 0 Å². The van der Waals surface area contributed by atoms with Crippen molar-refractivity contribution in [3.8, 4) is 5.75 Å². The molecular weight excluding hydrogens is 403 g/mol. The third-order valence-electron chi connectivity index (χ3n) is 5.00. The molecule has 30 heavy (non-hydrogen) atoms. The first-order valence-corrected chi connectivity index (χ1v) is 9.42. The average Bonchev–Trinajstić information content (AvgIpc) is 3.36. The molecule has 0 spiro atoms. The Kier molecular flexibility index (Phi) is 5.23. The molecule has 0 saturated heterocycles. The quantitative estimate of drug-likeness (QED) is 0.626. The number of nitrogens with one attached hydrogen (secondary N) is 1. The molecule has 1 aliphatic carbocycles. The second-order valence-corrected chi connectivity index (χ2v) is 7.07. The van der Waals surface area contributed by atoms with Crippen molar-refractivity contribution in [3.05, 3.63) is 52.5 Å². The molecule has 0 unspecified atom stereocenters. The Bertz CT molecular complexity index is 1130. The molecule has 10 heteroatoms. The van der Waals surface area contributed by atoms with Gasteiger partial charge in [-0.15, -0.1) is 0 Å². The Balaban J connectivity index is 1.46. The topological polar surface area (TPSA) is 86.4 Å². The van der Waals surface area contributed by atoms with Crippen molar-refractivity contribution < 1.29 is 27.1 Å². The standard InChI is InChI=1S/C20H18F3N3O4/c21-20(22,23)15-10-19(28)30-16-9-13(5-6-14(15)16)29-11-18(27)25-17-7-8-24-26(17)12-3-1-2-4-12/h5-10,12H,1-4,11H2,(H,25,27). The maximum Gasteiger partial charge on any atom is 0.417 e. The van der Waals surface area contributed by atoms with Gasteiger partial charge in [0, 0.05) is 23.6 Å². The lowest BCUT2D eigenvalue weighted by Crippen LogP contribution is -2.23. The van der Waals surface area contributed by atoms with Gasteiger partial charge in [-0.25, -0.2) is 9.48 Å². The second-order valence-electron chi connectivity index (χ2n) is 7.07. The number of rotatable bonds is 5. The molecule has 3 aromatic rings. The van der Waals surface area contributed by atoms with Gasteiger partial charge < -0.3 is 14.5 Å². The lowest BCUT2D eigenvalue weighted by atomic mass is 10.1. The number of fused-ring (bicyclic) bond motifs is 1. The summed E-state index contributed by atoms with van der Waals surface area (Å²) in [5.41, 5.74) is -2.48. The SMILES string of the molecule is O=C(COc1ccc2c(C(F)(F)F)cc(=O)oc2c1)Nc1ccnn1C1CCCC1. The first-order chi connectivity index (χ1) is 14.3. The highest BCUT2D eigenvalue weighted by atomic mass is 19.4. The van der Waals surface area contributed by atoms with E-state index in [1.54, 1.807) is 16.9 Å². The molecule has 1 fully saturated rings. The minimum Gasteiger partial charge on any atom is -0.484 e. The minimum absolute atomic E-state index is 0.101. The largest absolute Gasteiger partial charge is 0.484 e. The van der Waals surface area contributed by atoms with Crippen molar-refractivity contribution in [1.82, 2.24) is 9.78 Å². The fourth-order valence-electron chi connectivity index (χ4n) is 3.65. The number of alkyl halides is 3. The number of anilines is 1. The summed E-state index contributed by atoms with van der Waals surface area (Å²) in [7, 11) is 0. The van der Waals surface area contributed by atoms with Crippen LogP contribution in [0.3, 0.4) is 0 Å². The van der Waals surface area contributed by atoms with Crippen LogP contribution in [0.5, 0.6) is 5.75 Å². The Hall–Kier alpha value is -3.30. The van der Waals surface area contributed by atoms with E-state index in [-0.39, 0.29) is 29.4 Å². The lowest BCUT2D eigenvalue weighted by molar-refractivity contribution is -0.136. The molecule has 0 radical (unpaired) electrons. The molecule has 0 atom stereocenters. The van der Waals surface area contributed by atoms with E-state index in [9.17, 15) is 22.8 Å². The van der Waals surface area contributed by atoms with E-state index in [1.807, 2.05) is 0 Å². The number of carbonyl (C=O) groups is 1. The number of aromatic nitrogens is 2. The molecule has 4 rings (SSSR count). The molecule has 0 aliphatic heterocycles. The van der Waals surface area contributed by atoms with E-state index in [0.717, 1.165) is 37.8 Å². The number of ether oxygens (including phenoxy) is 1. The highest BCUT2D eigenvalue weighted by Gasteiger charge is 2.33. The van der Waals surface area contributed by atoms with Crippen molar-refractivity contribution >= 4 is 22.7 Å². The number of amides is 1. The summed E-state index contributed by atoms with van der Waals surface area (Å²) in [4.78, 5) is 23.7. The van der Waals surface area contributed by atoms with E-state index in [2.05, 4.69) is 10.4 Å². The predicted octanol–water partition coefficient (Wildman–Crippen LogP) is 4.14. The Morgan fingerprint density at radius 2 is 2.00 bits per heavy atom. The van der Waals surface area contributed by atoms with Gasteiger partial charge in [-0.2, -0.15) is 18.3 Å². The monoisotopic (exact) mass is 421 g/mol. The van der Waals surface area contributed by atoms with Crippen LogP contribution in [0.25, 0.3) is 11.0 Å². The third kappa shape index (κ3) is 4.17. The van der Waals surface area contributed by atoms with Crippen LogP contribution in [-0.2, 0) is 11.0 Å². The molecule has 2 aromatic heterocycles. The smallest absolute Gasteiger partial charge is 0.417 e. The van der Waals surface area contributed by atoms with Crippen molar-refractivity contribution in [2.75, 3.05) is 11.9 Å². The van der Waals surface area contributed by atoms with Gasteiger partial charge in [-0.1, -0.05) is 12.8 Å². The van der Waals surface area contributed by atoms with Crippen molar-refractivity contribution in [2.24, 2.45) is 0 Å². The first-order valence-electron chi connectivity index (χ1n) is 9.42. The van der Waals surface area contributed by atoms with Gasteiger partial charge >= 0.3 is 11.8 Å². The van der Waals surface area contributed by atoms with Crippen LogP contribution in [0.2, 0.25) is 0 Å². The lowest BCUT2D eigenvalue weighted by Gasteiger charge is -2.15. The normalized spacial score (nSPS) is 14.9. The minimum atomic E-state index is -4.70. The van der Waals surface area contributed by atoms with Gasteiger partial charge in [-0.3, -0.25) is 4.79 Å². The summed E-state index contributed by atoms with van der Waals surface area (Å²) >= 11 is 0. The van der Waals surface area contributed by atoms with Gasteiger partial charge in [0.15, 0.2) is 6.61 Å². The number of nitrogens with zero attached hydrogens (tertiary/aromatic N) is 2. The molecule has 2 heterocycles. The maximum absolute atomic E-state index is 13.1. The number of hydrogen-bond donors (Lipinski definition) is 1. The third-order valence-corrected chi connectivity index (χ3v) is 5.00. The molecule has 1 N–H and O–H groups in total. The second kappa shape index (κ2) is 7.85. The van der Waals surface area contributed by atoms with E-state index >= 15 is 0 Å². The molecule has 1 aromatic carbocycles. The van der Waals surface area contributed by atoms with E-state index in [0.29, 0.717) is 11.9 Å². The summed E-state index contributed by atoms with van der Waals surface area (Å²) in [6.07, 6.45) is 1.16. The van der Waals surface area contributed by atoms with Crippen molar-refractivity contribution in [2.45, 2.75) is 37.9 Å². The van der Waals surface area contributed by atoms with Crippen LogP contribution in [0.15, 0.2) is 45.7 Å². The van der Waals surface area contributed by atoms with Gasteiger partial charge in [0.05, 0.1) is 17.8 Å². The number of benzene rings is 1. The molecule has 7 nitrogen and oxygen atoms in total. The molecule has 158 valence electrons. The summed E-state index contributed by atoms with van der Waals surface area (Å²) < 4.78 is 51.3. The highest BCUT2D eigenvalue weighted by Crippen LogP contribution is 2.35. The molecule has 1 amide bonds. The maximum atomic E-state index is 13.1. The highest BCUT2D eigenvalue weighted by molar-refractivity contribution is 5.91. The Morgan fingerprint density at radius 1 is 1.23 bits per heavy atom. The van der Waals surface area contributed by atoms with E-state index < -0.39 is 23.3 Å². The van der Waals surface area contributed by atoms with Crippen LogP contribution >= 0.6 is 0 Å². The van der Waals surface area contributed by atoms with E-state index in [1.165, 1.54) is 6.07 Å². The van der Waals surface area contributed by atoms with Gasteiger partial charge in [-0.05, 0) is 25.0 Å². The fraction of sp³-hybridized carbons (Fsp3) is 0.350.